The second kappa shape index (κ2) is 5.97. The van der Waals surface area contributed by atoms with E-state index >= 15 is 0 Å². The molecule has 3 nitrogen and oxygen atoms in total. The molecule has 2 heterocycles. The van der Waals surface area contributed by atoms with Gasteiger partial charge in [0.1, 0.15) is 5.52 Å². The Balaban J connectivity index is 1.86. The first-order valence-electron chi connectivity index (χ1n) is 8.28. The number of hydrogen-bond donors (Lipinski definition) is 0. The zero-order valence-corrected chi connectivity index (χ0v) is 15.2. The van der Waals surface area contributed by atoms with Crippen molar-refractivity contribution in [2.45, 2.75) is 6.54 Å². The van der Waals surface area contributed by atoms with Crippen molar-refractivity contribution in [2.24, 2.45) is 0 Å². The Morgan fingerprint density at radius 2 is 1.42 bits per heavy atom. The molecule has 126 valence electrons. The van der Waals surface area contributed by atoms with Crippen molar-refractivity contribution in [3.8, 4) is 0 Å². The average molecular weight is 378 g/mol. The van der Waals surface area contributed by atoms with E-state index in [1.807, 2.05) is 30.3 Å². The van der Waals surface area contributed by atoms with Gasteiger partial charge in [0.2, 0.25) is 0 Å². The van der Waals surface area contributed by atoms with Crippen molar-refractivity contribution in [3.63, 3.8) is 0 Å². The van der Waals surface area contributed by atoms with Gasteiger partial charge >= 0.3 is 0 Å². The van der Waals surface area contributed by atoms with Crippen molar-refractivity contribution in [1.29, 1.82) is 0 Å². The molecule has 26 heavy (non-hydrogen) atoms. The number of rotatable bonds is 2. The smallest absolute Gasteiger partial charge is 0.160 e. The maximum atomic E-state index is 6.18. The molecule has 3 aromatic carbocycles. The number of hydrogen-bond acceptors (Lipinski definition) is 2. The third-order valence-electron chi connectivity index (χ3n) is 4.58. The third kappa shape index (κ3) is 2.44. The van der Waals surface area contributed by atoms with Crippen LogP contribution in [0.25, 0.3) is 33.1 Å². The number of benzene rings is 3. The lowest BCUT2D eigenvalue weighted by Gasteiger charge is -2.07. The zero-order valence-electron chi connectivity index (χ0n) is 13.7. The maximum Gasteiger partial charge on any atom is 0.160 e. The molecule has 0 bridgehead atoms. The van der Waals surface area contributed by atoms with Gasteiger partial charge in [0, 0.05) is 11.9 Å². The lowest BCUT2D eigenvalue weighted by Crippen LogP contribution is -2.01. The van der Waals surface area contributed by atoms with E-state index in [1.165, 1.54) is 5.56 Å². The molecule has 0 fully saturated rings. The Bertz CT molecular complexity index is 1280. The molecule has 0 N–H and O–H groups in total. The van der Waals surface area contributed by atoms with Crippen LogP contribution in [-0.2, 0) is 6.54 Å². The Morgan fingerprint density at radius 3 is 2.19 bits per heavy atom. The van der Waals surface area contributed by atoms with Gasteiger partial charge in [-0.1, -0.05) is 71.7 Å². The molecule has 0 saturated carbocycles. The average Bonchev–Trinajstić information content (AvgIpc) is 2.95. The number of halogens is 2. The van der Waals surface area contributed by atoms with Crippen molar-refractivity contribution in [3.05, 3.63) is 82.3 Å². The normalized spacial score (nSPS) is 11.6. The highest BCUT2D eigenvalue weighted by molar-refractivity contribution is 6.42. The fraction of sp³-hybridized carbons (Fsp3) is 0.0476. The summed E-state index contributed by atoms with van der Waals surface area (Å²) < 4.78 is 2.20. The fourth-order valence-corrected chi connectivity index (χ4v) is 3.68. The minimum absolute atomic E-state index is 0.485. The van der Waals surface area contributed by atoms with Crippen LogP contribution in [0.1, 0.15) is 5.56 Å². The molecule has 0 aliphatic rings. The minimum Gasteiger partial charge on any atom is -0.319 e. The molecule has 5 rings (SSSR count). The Labute approximate surface area is 159 Å². The predicted molar refractivity (Wildman–Crippen MR) is 108 cm³/mol. The lowest BCUT2D eigenvalue weighted by atomic mass is 10.2. The Morgan fingerprint density at radius 1 is 0.769 bits per heavy atom. The van der Waals surface area contributed by atoms with E-state index < -0.39 is 0 Å². The molecular weight excluding hydrogens is 365 g/mol. The summed E-state index contributed by atoms with van der Waals surface area (Å²) in [5, 5.41) is 2.05. The van der Waals surface area contributed by atoms with Crippen molar-refractivity contribution in [2.75, 3.05) is 0 Å². The van der Waals surface area contributed by atoms with Crippen LogP contribution in [0.5, 0.6) is 0 Å². The van der Waals surface area contributed by atoms with Crippen LogP contribution in [0, 0.1) is 0 Å². The summed E-state index contributed by atoms with van der Waals surface area (Å²) in [6, 6.07) is 22.1. The first-order chi connectivity index (χ1) is 12.7. The van der Waals surface area contributed by atoms with Crippen LogP contribution in [-0.4, -0.2) is 14.5 Å². The Hall–Kier alpha value is -2.62. The monoisotopic (exact) mass is 377 g/mol. The van der Waals surface area contributed by atoms with Gasteiger partial charge < -0.3 is 4.57 Å². The summed E-state index contributed by atoms with van der Waals surface area (Å²) in [5.74, 6) is 0. The molecule has 0 atom stereocenters. The molecule has 0 aliphatic heterocycles. The minimum atomic E-state index is 0.485. The van der Waals surface area contributed by atoms with Crippen LogP contribution in [0.2, 0.25) is 10.0 Å². The summed E-state index contributed by atoms with van der Waals surface area (Å²) in [4.78, 5) is 9.71. The van der Waals surface area contributed by atoms with E-state index in [1.54, 1.807) is 12.1 Å². The van der Waals surface area contributed by atoms with E-state index in [-0.39, 0.29) is 0 Å². The van der Waals surface area contributed by atoms with Gasteiger partial charge in [0.15, 0.2) is 5.65 Å². The predicted octanol–water partition coefficient (Wildman–Crippen LogP) is 6.09. The maximum absolute atomic E-state index is 6.18. The molecule has 0 spiro atoms. The first-order valence-corrected chi connectivity index (χ1v) is 9.04. The van der Waals surface area contributed by atoms with Crippen LogP contribution < -0.4 is 0 Å². The van der Waals surface area contributed by atoms with E-state index in [0.29, 0.717) is 10.0 Å². The largest absolute Gasteiger partial charge is 0.319 e. The van der Waals surface area contributed by atoms with Crippen molar-refractivity contribution in [1.82, 2.24) is 14.5 Å². The lowest BCUT2D eigenvalue weighted by molar-refractivity contribution is 0.857. The molecule has 5 aromatic rings. The molecule has 5 heteroatoms. The molecule has 0 radical (unpaired) electrons. The summed E-state index contributed by atoms with van der Waals surface area (Å²) in [6.07, 6.45) is 0. The molecule has 0 amide bonds. The van der Waals surface area contributed by atoms with Crippen LogP contribution in [0.15, 0.2) is 66.7 Å². The zero-order chi connectivity index (χ0) is 17.7. The van der Waals surface area contributed by atoms with Gasteiger partial charge in [-0.15, -0.1) is 0 Å². The number of aromatic nitrogens is 3. The second-order valence-electron chi connectivity index (χ2n) is 6.24. The van der Waals surface area contributed by atoms with Gasteiger partial charge in [-0.2, -0.15) is 0 Å². The molecular formula is C21H13Cl2N3. The second-order valence-corrected chi connectivity index (χ2v) is 7.05. The highest BCUT2D eigenvalue weighted by atomic mass is 35.5. The SMILES string of the molecule is Clc1cc2nc3c4ccccc4n(Cc4ccccc4)c3nc2cc1Cl. The van der Waals surface area contributed by atoms with Crippen LogP contribution in [0.3, 0.4) is 0 Å². The van der Waals surface area contributed by atoms with E-state index in [4.69, 9.17) is 33.2 Å². The van der Waals surface area contributed by atoms with Crippen molar-refractivity contribution < 1.29 is 0 Å². The summed E-state index contributed by atoms with van der Waals surface area (Å²) in [7, 11) is 0. The summed E-state index contributed by atoms with van der Waals surface area (Å²) in [5.41, 5.74) is 5.53. The molecule has 0 saturated heterocycles. The number of nitrogens with zero attached hydrogens (tertiary/aromatic N) is 3. The summed E-state index contributed by atoms with van der Waals surface area (Å²) in [6.45, 7) is 0.729. The van der Waals surface area contributed by atoms with Gasteiger partial charge in [-0.05, 0) is 23.8 Å². The van der Waals surface area contributed by atoms with Gasteiger partial charge in [-0.25, -0.2) is 9.97 Å². The molecule has 0 unspecified atom stereocenters. The molecule has 0 aliphatic carbocycles. The highest BCUT2D eigenvalue weighted by Gasteiger charge is 2.15. The van der Waals surface area contributed by atoms with Gasteiger partial charge in [-0.3, -0.25) is 0 Å². The highest BCUT2D eigenvalue weighted by Crippen LogP contribution is 2.31. The fourth-order valence-electron chi connectivity index (χ4n) is 3.36. The van der Waals surface area contributed by atoms with E-state index in [0.717, 1.165) is 39.6 Å². The topological polar surface area (TPSA) is 30.7 Å². The summed E-state index contributed by atoms with van der Waals surface area (Å²) >= 11 is 12.3. The van der Waals surface area contributed by atoms with Gasteiger partial charge in [0.05, 0.1) is 26.6 Å². The first kappa shape index (κ1) is 15.6. The third-order valence-corrected chi connectivity index (χ3v) is 5.30. The number of fused-ring (bicyclic) bond motifs is 4. The van der Waals surface area contributed by atoms with Crippen LogP contribution in [0.4, 0.5) is 0 Å². The van der Waals surface area contributed by atoms with Crippen LogP contribution >= 0.6 is 23.2 Å². The quantitative estimate of drug-likeness (QED) is 0.372. The van der Waals surface area contributed by atoms with Crippen molar-refractivity contribution >= 4 is 56.3 Å². The number of para-hydroxylation sites is 1. The van der Waals surface area contributed by atoms with E-state index in [2.05, 4.69) is 28.8 Å². The van der Waals surface area contributed by atoms with Gasteiger partial charge in [0.25, 0.3) is 0 Å². The standard InChI is InChI=1S/C21H13Cl2N3/c22-15-10-17-18(11-16(15)23)25-21-20(24-17)14-8-4-5-9-19(14)26(21)12-13-6-2-1-3-7-13/h1-11H,12H2. The van der Waals surface area contributed by atoms with E-state index in [9.17, 15) is 0 Å². The molecule has 2 aromatic heterocycles. The Kier molecular flexibility index (Phi) is 3.59.